The van der Waals surface area contributed by atoms with Crippen LogP contribution in [0.4, 0.5) is 0 Å². The third-order valence-electron chi connectivity index (χ3n) is 1.78. The molecule has 0 spiro atoms. The Kier molecular flexibility index (Phi) is 1.81. The van der Waals surface area contributed by atoms with Crippen LogP contribution < -0.4 is 5.32 Å². The first kappa shape index (κ1) is 7.34. The first-order valence-corrected chi connectivity index (χ1v) is 4.03. The lowest BCUT2D eigenvalue weighted by Crippen LogP contribution is -2.27. The lowest BCUT2D eigenvalue weighted by Gasteiger charge is -1.98. The average Bonchev–Trinajstić information content (AvgIpc) is 2.66. The molecule has 1 aromatic rings. The zero-order valence-electron chi connectivity index (χ0n) is 6.62. The number of carbonyl (C=O) groups is 1. The Morgan fingerprint density at radius 2 is 2.58 bits per heavy atom. The topological polar surface area (TPSA) is 55.1 Å². The molecule has 0 radical (unpaired) electrons. The standard InChI is InChI=1S/C8H10N2O2/c11-8(9-6-1-2-6)5-7-3-4-12-10-7/h3-4,6H,1-2,5H2,(H,9,11). The fourth-order valence-corrected chi connectivity index (χ4v) is 1.000. The third-order valence-corrected chi connectivity index (χ3v) is 1.78. The monoisotopic (exact) mass is 166 g/mol. The Hall–Kier alpha value is -1.32. The maximum Gasteiger partial charge on any atom is 0.226 e. The van der Waals surface area contributed by atoms with E-state index < -0.39 is 0 Å². The van der Waals surface area contributed by atoms with E-state index in [0.29, 0.717) is 18.2 Å². The molecule has 0 atom stereocenters. The minimum atomic E-state index is 0.0337. The number of nitrogens with one attached hydrogen (secondary N) is 1. The molecular weight excluding hydrogens is 156 g/mol. The number of amides is 1. The Morgan fingerprint density at radius 3 is 3.17 bits per heavy atom. The van der Waals surface area contributed by atoms with Crippen LogP contribution in [0.5, 0.6) is 0 Å². The van der Waals surface area contributed by atoms with Crippen LogP contribution in [-0.2, 0) is 11.2 Å². The third kappa shape index (κ3) is 1.84. The van der Waals surface area contributed by atoms with Gasteiger partial charge in [0.05, 0.1) is 12.1 Å². The highest BCUT2D eigenvalue weighted by molar-refractivity contribution is 5.78. The smallest absolute Gasteiger partial charge is 0.226 e. The molecule has 64 valence electrons. The van der Waals surface area contributed by atoms with E-state index in [2.05, 4.69) is 15.0 Å². The van der Waals surface area contributed by atoms with E-state index in [1.807, 2.05) is 0 Å². The van der Waals surface area contributed by atoms with E-state index in [1.165, 1.54) is 6.26 Å². The predicted molar refractivity (Wildman–Crippen MR) is 41.4 cm³/mol. The van der Waals surface area contributed by atoms with Crippen molar-refractivity contribution in [2.45, 2.75) is 25.3 Å². The second kappa shape index (κ2) is 2.97. The minimum absolute atomic E-state index is 0.0337. The quantitative estimate of drug-likeness (QED) is 0.711. The fraction of sp³-hybridized carbons (Fsp3) is 0.500. The van der Waals surface area contributed by atoms with Crippen LogP contribution >= 0.6 is 0 Å². The second-order valence-corrected chi connectivity index (χ2v) is 3.01. The summed E-state index contributed by atoms with van der Waals surface area (Å²) in [6.45, 7) is 0. The van der Waals surface area contributed by atoms with Crippen molar-refractivity contribution in [2.75, 3.05) is 0 Å². The molecule has 12 heavy (non-hydrogen) atoms. The van der Waals surface area contributed by atoms with Crippen LogP contribution in [0.1, 0.15) is 18.5 Å². The molecule has 4 nitrogen and oxygen atoms in total. The molecule has 1 amide bonds. The van der Waals surface area contributed by atoms with Gasteiger partial charge < -0.3 is 9.84 Å². The highest BCUT2D eigenvalue weighted by atomic mass is 16.5. The van der Waals surface area contributed by atoms with Gasteiger partial charge in [-0.25, -0.2) is 0 Å². The molecule has 0 bridgehead atoms. The molecule has 1 fully saturated rings. The molecule has 0 aromatic carbocycles. The van der Waals surface area contributed by atoms with Crippen LogP contribution in [0.2, 0.25) is 0 Å². The van der Waals surface area contributed by atoms with Gasteiger partial charge in [-0.2, -0.15) is 0 Å². The van der Waals surface area contributed by atoms with Crippen molar-refractivity contribution >= 4 is 5.91 Å². The van der Waals surface area contributed by atoms with E-state index >= 15 is 0 Å². The highest BCUT2D eigenvalue weighted by Gasteiger charge is 2.23. The number of aromatic nitrogens is 1. The van der Waals surface area contributed by atoms with Crippen molar-refractivity contribution in [1.82, 2.24) is 10.5 Å². The van der Waals surface area contributed by atoms with E-state index in [0.717, 1.165) is 12.8 Å². The van der Waals surface area contributed by atoms with Gasteiger partial charge in [0.25, 0.3) is 0 Å². The van der Waals surface area contributed by atoms with Crippen LogP contribution in [0.3, 0.4) is 0 Å². The number of hydrogen-bond donors (Lipinski definition) is 1. The molecular formula is C8H10N2O2. The molecule has 0 unspecified atom stereocenters. The Labute approximate surface area is 69.9 Å². The SMILES string of the molecule is O=C(Cc1ccon1)NC1CC1. The van der Waals surface area contributed by atoms with Gasteiger partial charge in [0.15, 0.2) is 0 Å². The van der Waals surface area contributed by atoms with Crippen molar-refractivity contribution in [1.29, 1.82) is 0 Å². The lowest BCUT2D eigenvalue weighted by atomic mass is 10.3. The number of nitrogens with zero attached hydrogens (tertiary/aromatic N) is 1. The van der Waals surface area contributed by atoms with Crippen molar-refractivity contribution in [3.8, 4) is 0 Å². The summed E-state index contributed by atoms with van der Waals surface area (Å²) in [4.78, 5) is 11.2. The summed E-state index contributed by atoms with van der Waals surface area (Å²) in [6.07, 6.45) is 4.03. The Balaban J connectivity index is 1.82. The molecule has 0 aliphatic heterocycles. The zero-order valence-corrected chi connectivity index (χ0v) is 6.62. The maximum absolute atomic E-state index is 11.2. The number of rotatable bonds is 3. The average molecular weight is 166 g/mol. The van der Waals surface area contributed by atoms with E-state index in [9.17, 15) is 4.79 Å². The minimum Gasteiger partial charge on any atom is -0.364 e. The summed E-state index contributed by atoms with van der Waals surface area (Å²) in [5.41, 5.74) is 0.688. The molecule has 0 saturated heterocycles. The summed E-state index contributed by atoms with van der Waals surface area (Å²) in [6, 6.07) is 2.12. The second-order valence-electron chi connectivity index (χ2n) is 3.01. The first-order chi connectivity index (χ1) is 5.84. The van der Waals surface area contributed by atoms with E-state index in [-0.39, 0.29) is 5.91 Å². The van der Waals surface area contributed by atoms with Gasteiger partial charge in [0.2, 0.25) is 5.91 Å². The van der Waals surface area contributed by atoms with E-state index in [1.54, 1.807) is 6.07 Å². The highest BCUT2D eigenvalue weighted by Crippen LogP contribution is 2.18. The Bertz CT molecular complexity index is 265. The number of hydrogen-bond acceptors (Lipinski definition) is 3. The summed E-state index contributed by atoms with van der Waals surface area (Å²) in [7, 11) is 0. The summed E-state index contributed by atoms with van der Waals surface area (Å²) in [5, 5.41) is 6.52. The van der Waals surface area contributed by atoms with Crippen LogP contribution in [0.25, 0.3) is 0 Å². The number of carbonyl (C=O) groups excluding carboxylic acids is 1. The van der Waals surface area contributed by atoms with Crippen LogP contribution in [0, 0.1) is 0 Å². The van der Waals surface area contributed by atoms with E-state index in [4.69, 9.17) is 0 Å². The molecule has 1 aliphatic carbocycles. The van der Waals surface area contributed by atoms with Gasteiger partial charge in [0.1, 0.15) is 6.26 Å². The molecule has 1 aromatic heterocycles. The largest absolute Gasteiger partial charge is 0.364 e. The predicted octanol–water partition coefficient (Wildman–Crippen LogP) is 0.496. The maximum atomic E-state index is 11.2. The molecule has 1 saturated carbocycles. The van der Waals surface area contributed by atoms with Gasteiger partial charge >= 0.3 is 0 Å². The summed E-state index contributed by atoms with van der Waals surface area (Å²) < 4.78 is 4.61. The first-order valence-electron chi connectivity index (χ1n) is 4.03. The summed E-state index contributed by atoms with van der Waals surface area (Å²) >= 11 is 0. The fourth-order valence-electron chi connectivity index (χ4n) is 1.000. The molecule has 1 N–H and O–H groups in total. The summed E-state index contributed by atoms with van der Waals surface area (Å²) in [5.74, 6) is 0.0337. The molecule has 2 rings (SSSR count). The van der Waals surface area contributed by atoms with Crippen molar-refractivity contribution in [3.05, 3.63) is 18.0 Å². The van der Waals surface area contributed by atoms with Crippen LogP contribution in [0.15, 0.2) is 16.9 Å². The van der Waals surface area contributed by atoms with Gasteiger partial charge in [-0.1, -0.05) is 5.16 Å². The molecule has 1 aliphatic rings. The van der Waals surface area contributed by atoms with Crippen molar-refractivity contribution in [2.24, 2.45) is 0 Å². The van der Waals surface area contributed by atoms with Gasteiger partial charge in [-0.15, -0.1) is 0 Å². The molecule has 4 heteroatoms. The zero-order chi connectivity index (χ0) is 8.39. The Morgan fingerprint density at radius 1 is 1.75 bits per heavy atom. The lowest BCUT2D eigenvalue weighted by molar-refractivity contribution is -0.120. The van der Waals surface area contributed by atoms with Gasteiger partial charge in [-0.05, 0) is 12.8 Å². The van der Waals surface area contributed by atoms with Crippen LogP contribution in [-0.4, -0.2) is 17.1 Å². The molecule has 1 heterocycles. The van der Waals surface area contributed by atoms with Gasteiger partial charge in [-0.3, -0.25) is 4.79 Å². The van der Waals surface area contributed by atoms with Crippen molar-refractivity contribution < 1.29 is 9.32 Å². The van der Waals surface area contributed by atoms with Gasteiger partial charge in [0, 0.05) is 12.1 Å². The normalized spacial score (nSPS) is 16.0. The van der Waals surface area contributed by atoms with Crippen molar-refractivity contribution in [3.63, 3.8) is 0 Å².